The van der Waals surface area contributed by atoms with Crippen LogP contribution >= 0.6 is 11.6 Å². The minimum atomic E-state index is -0.943. The maximum atomic E-state index is 13.2. The van der Waals surface area contributed by atoms with Gasteiger partial charge in [0.15, 0.2) is 0 Å². The first-order valence-corrected chi connectivity index (χ1v) is 11.1. The van der Waals surface area contributed by atoms with E-state index in [9.17, 15) is 19.5 Å². The second-order valence-electron chi connectivity index (χ2n) is 7.87. The molecule has 1 aliphatic rings. The van der Waals surface area contributed by atoms with Crippen LogP contribution in [0.15, 0.2) is 78.4 Å². The molecule has 0 aromatic heterocycles. The van der Waals surface area contributed by atoms with Gasteiger partial charge in [0, 0.05) is 23.2 Å². The van der Waals surface area contributed by atoms with Crippen molar-refractivity contribution in [1.29, 1.82) is 0 Å². The van der Waals surface area contributed by atoms with Gasteiger partial charge in [-0.3, -0.25) is 19.3 Å². The summed E-state index contributed by atoms with van der Waals surface area (Å²) in [6.45, 7) is 3.31. The lowest BCUT2D eigenvalue weighted by Crippen LogP contribution is -2.29. The molecule has 4 rings (SSSR count). The third-order valence-corrected chi connectivity index (χ3v) is 5.84. The summed E-state index contributed by atoms with van der Waals surface area (Å²) in [6, 6.07) is 19.3. The molecule has 0 aliphatic carbocycles. The van der Waals surface area contributed by atoms with E-state index in [-0.39, 0.29) is 17.1 Å². The monoisotopic (exact) mass is 475 g/mol. The molecule has 1 aliphatic heterocycles. The number of hydrogen-bond donors (Lipinski definition) is 1. The van der Waals surface area contributed by atoms with E-state index in [1.165, 1.54) is 17.9 Å². The summed E-state index contributed by atoms with van der Waals surface area (Å²) in [7, 11) is 0. The van der Waals surface area contributed by atoms with Gasteiger partial charge in [-0.2, -0.15) is 0 Å². The van der Waals surface area contributed by atoms with Crippen LogP contribution in [0.5, 0.6) is 5.75 Å². The summed E-state index contributed by atoms with van der Waals surface area (Å²) in [6.07, 6.45) is 0.821. The topological polar surface area (TPSA) is 83.9 Å². The molecule has 172 valence electrons. The summed E-state index contributed by atoms with van der Waals surface area (Å²) in [5.41, 5.74) is 2.32. The van der Waals surface area contributed by atoms with Gasteiger partial charge < -0.3 is 9.84 Å². The van der Waals surface area contributed by atoms with E-state index in [4.69, 9.17) is 16.3 Å². The first-order valence-electron chi connectivity index (χ1n) is 10.7. The first kappa shape index (κ1) is 23.3. The Kier molecular flexibility index (Phi) is 6.52. The second kappa shape index (κ2) is 9.53. The smallest absolute Gasteiger partial charge is 0.308 e. The first-order chi connectivity index (χ1) is 16.3. The van der Waals surface area contributed by atoms with Crippen LogP contribution in [0.25, 0.3) is 5.76 Å². The minimum absolute atomic E-state index is 0.0770. The van der Waals surface area contributed by atoms with E-state index < -0.39 is 23.7 Å². The average molecular weight is 476 g/mol. The lowest BCUT2D eigenvalue weighted by Gasteiger charge is -2.26. The molecule has 3 aromatic carbocycles. The molecule has 0 radical (unpaired) electrons. The zero-order valence-electron chi connectivity index (χ0n) is 18.6. The van der Waals surface area contributed by atoms with Gasteiger partial charge in [0.1, 0.15) is 11.5 Å². The number of ether oxygens (including phenoxy) is 1. The van der Waals surface area contributed by atoms with Crippen LogP contribution in [-0.4, -0.2) is 22.8 Å². The Morgan fingerprint density at radius 3 is 2.38 bits per heavy atom. The molecule has 0 saturated carbocycles. The number of anilines is 1. The number of amides is 1. The standard InChI is InChI=1S/C27H22ClNO5/c1-3-17-10-12-21(13-11-17)29-24(18-6-5-9-22(15-18)34-16(2)30)23(26(32)27(29)33)25(31)19-7-4-8-20(28)14-19/h4-15,24,31H,3H2,1-2H3/b25-23-. The average Bonchev–Trinajstić information content (AvgIpc) is 3.09. The van der Waals surface area contributed by atoms with Gasteiger partial charge in [0.25, 0.3) is 11.7 Å². The number of rotatable bonds is 5. The maximum absolute atomic E-state index is 13.2. The molecule has 6 nitrogen and oxygen atoms in total. The molecule has 1 fully saturated rings. The number of halogens is 1. The number of benzene rings is 3. The summed E-state index contributed by atoms with van der Waals surface area (Å²) in [5, 5.41) is 11.5. The molecule has 34 heavy (non-hydrogen) atoms. The molecule has 1 N–H and O–H groups in total. The van der Waals surface area contributed by atoms with Crippen molar-refractivity contribution in [2.45, 2.75) is 26.3 Å². The molecule has 0 bridgehead atoms. The van der Waals surface area contributed by atoms with Crippen molar-refractivity contribution in [3.8, 4) is 5.75 Å². The van der Waals surface area contributed by atoms with Crippen molar-refractivity contribution < 1.29 is 24.2 Å². The lowest BCUT2D eigenvalue weighted by atomic mass is 9.95. The van der Waals surface area contributed by atoms with Crippen molar-refractivity contribution in [3.05, 3.63) is 100 Å². The van der Waals surface area contributed by atoms with E-state index in [1.807, 2.05) is 19.1 Å². The molecule has 1 heterocycles. The predicted octanol–water partition coefficient (Wildman–Crippen LogP) is 5.45. The third kappa shape index (κ3) is 4.45. The normalized spacial score (nSPS) is 17.1. The number of carbonyl (C=O) groups excluding carboxylic acids is 3. The van der Waals surface area contributed by atoms with Gasteiger partial charge in [0.2, 0.25) is 0 Å². The number of aliphatic hydroxyl groups excluding tert-OH is 1. The number of hydrogen-bond acceptors (Lipinski definition) is 5. The van der Waals surface area contributed by atoms with Gasteiger partial charge in [-0.1, -0.05) is 54.9 Å². The quantitative estimate of drug-likeness (QED) is 0.174. The number of ketones is 1. The van der Waals surface area contributed by atoms with Crippen molar-refractivity contribution in [3.63, 3.8) is 0 Å². The molecule has 3 aromatic rings. The van der Waals surface area contributed by atoms with Crippen LogP contribution in [0, 0.1) is 0 Å². The fourth-order valence-corrected chi connectivity index (χ4v) is 4.20. The van der Waals surface area contributed by atoms with Crippen LogP contribution in [0.4, 0.5) is 5.69 Å². The maximum Gasteiger partial charge on any atom is 0.308 e. The minimum Gasteiger partial charge on any atom is -0.507 e. The van der Waals surface area contributed by atoms with Crippen molar-refractivity contribution >= 4 is 40.7 Å². The van der Waals surface area contributed by atoms with Gasteiger partial charge in [-0.15, -0.1) is 0 Å². The number of carbonyl (C=O) groups is 3. The highest BCUT2D eigenvalue weighted by molar-refractivity contribution is 6.51. The Morgan fingerprint density at radius 1 is 1.03 bits per heavy atom. The lowest BCUT2D eigenvalue weighted by molar-refractivity contribution is -0.132. The third-order valence-electron chi connectivity index (χ3n) is 5.60. The molecular formula is C27H22ClNO5. The molecule has 0 spiro atoms. The van der Waals surface area contributed by atoms with Crippen LogP contribution in [0.3, 0.4) is 0 Å². The van der Waals surface area contributed by atoms with E-state index in [0.717, 1.165) is 12.0 Å². The van der Waals surface area contributed by atoms with Gasteiger partial charge in [0.05, 0.1) is 11.6 Å². The Morgan fingerprint density at radius 2 is 1.74 bits per heavy atom. The van der Waals surface area contributed by atoms with E-state index >= 15 is 0 Å². The highest BCUT2D eigenvalue weighted by atomic mass is 35.5. The number of esters is 1. The van der Waals surface area contributed by atoms with Crippen molar-refractivity contribution in [1.82, 2.24) is 0 Å². The molecular weight excluding hydrogens is 454 g/mol. The summed E-state index contributed by atoms with van der Waals surface area (Å²) < 4.78 is 5.21. The number of aryl methyl sites for hydroxylation is 1. The number of aliphatic hydroxyl groups is 1. The van der Waals surface area contributed by atoms with E-state index in [0.29, 0.717) is 21.8 Å². The largest absolute Gasteiger partial charge is 0.507 e. The highest BCUT2D eigenvalue weighted by Gasteiger charge is 2.47. The second-order valence-corrected chi connectivity index (χ2v) is 8.30. The molecule has 1 saturated heterocycles. The predicted molar refractivity (Wildman–Crippen MR) is 130 cm³/mol. The fraction of sp³-hybridized carbons (Fsp3) is 0.148. The summed E-state index contributed by atoms with van der Waals surface area (Å²) in [5.74, 6) is -2.16. The van der Waals surface area contributed by atoms with Gasteiger partial charge in [-0.25, -0.2) is 0 Å². The Labute approximate surface area is 202 Å². The Bertz CT molecular complexity index is 1310. The molecule has 7 heteroatoms. The van der Waals surface area contributed by atoms with Gasteiger partial charge >= 0.3 is 5.97 Å². The fourth-order valence-electron chi connectivity index (χ4n) is 4.01. The van der Waals surface area contributed by atoms with Gasteiger partial charge in [-0.05, 0) is 53.9 Å². The molecule has 1 unspecified atom stereocenters. The van der Waals surface area contributed by atoms with Crippen LogP contribution < -0.4 is 9.64 Å². The van der Waals surface area contributed by atoms with E-state index in [2.05, 4.69) is 0 Å². The highest BCUT2D eigenvalue weighted by Crippen LogP contribution is 2.43. The SMILES string of the molecule is CCc1ccc(N2C(=O)C(=O)/C(=C(\O)c3cccc(Cl)c3)C2c2cccc(OC(C)=O)c2)cc1. The summed E-state index contributed by atoms with van der Waals surface area (Å²) in [4.78, 5) is 39.3. The van der Waals surface area contributed by atoms with Crippen molar-refractivity contribution in [2.24, 2.45) is 0 Å². The zero-order valence-corrected chi connectivity index (χ0v) is 19.4. The molecule has 1 atom stereocenters. The van der Waals surface area contributed by atoms with Crippen LogP contribution in [0.1, 0.15) is 36.6 Å². The van der Waals surface area contributed by atoms with Crippen molar-refractivity contribution in [2.75, 3.05) is 4.90 Å². The Hall–Kier alpha value is -3.90. The van der Waals surface area contributed by atoms with E-state index in [1.54, 1.807) is 54.6 Å². The van der Waals surface area contributed by atoms with Crippen LogP contribution in [-0.2, 0) is 20.8 Å². The van der Waals surface area contributed by atoms with Crippen LogP contribution in [0.2, 0.25) is 5.02 Å². The molecule has 1 amide bonds. The summed E-state index contributed by atoms with van der Waals surface area (Å²) >= 11 is 6.09. The Balaban J connectivity index is 1.93. The zero-order chi connectivity index (χ0) is 24.4. The number of Topliss-reactive ketones (excluding diaryl/α,β-unsaturated/α-hetero) is 1. The number of nitrogens with zero attached hydrogens (tertiary/aromatic N) is 1.